The van der Waals surface area contributed by atoms with Gasteiger partial charge in [0.1, 0.15) is 11.6 Å². The number of rotatable bonds is 6. The van der Waals surface area contributed by atoms with E-state index < -0.39 is 11.6 Å². The van der Waals surface area contributed by atoms with Crippen LogP contribution in [0.4, 0.5) is 8.78 Å². The zero-order chi connectivity index (χ0) is 14.4. The molecule has 3 nitrogen and oxygen atoms in total. The van der Waals surface area contributed by atoms with E-state index in [4.69, 9.17) is 0 Å². The number of hydrogen-bond acceptors (Lipinski definition) is 3. The summed E-state index contributed by atoms with van der Waals surface area (Å²) in [6.07, 6.45) is 6.31. The van der Waals surface area contributed by atoms with E-state index in [1.165, 1.54) is 12.1 Å². The third-order valence-electron chi connectivity index (χ3n) is 2.94. The lowest BCUT2D eigenvalue weighted by molar-refractivity contribution is 0.510. The predicted octanol–water partition coefficient (Wildman–Crippen LogP) is 3.04. The van der Waals surface area contributed by atoms with Gasteiger partial charge in [0, 0.05) is 24.7 Å². The molecule has 2 rings (SSSR count). The first-order chi connectivity index (χ1) is 9.69. The van der Waals surface area contributed by atoms with Gasteiger partial charge in [-0.3, -0.25) is 9.97 Å². The zero-order valence-corrected chi connectivity index (χ0v) is 11.3. The largest absolute Gasteiger partial charge is 0.308 e. The molecule has 1 aromatic heterocycles. The smallest absolute Gasteiger partial charge is 0.126 e. The van der Waals surface area contributed by atoms with Gasteiger partial charge in [-0.25, -0.2) is 8.78 Å². The van der Waals surface area contributed by atoms with Crippen LogP contribution in [-0.2, 0) is 6.42 Å². The Hall–Kier alpha value is -1.88. The summed E-state index contributed by atoms with van der Waals surface area (Å²) < 4.78 is 26.5. The highest BCUT2D eigenvalue weighted by Crippen LogP contribution is 2.18. The summed E-state index contributed by atoms with van der Waals surface area (Å²) in [5.74, 6) is -1.12. The van der Waals surface area contributed by atoms with Gasteiger partial charge < -0.3 is 5.32 Å². The van der Waals surface area contributed by atoms with Crippen LogP contribution in [0.15, 0.2) is 36.8 Å². The maximum absolute atomic E-state index is 13.2. The standard InChI is InChI=1S/C15H17F2N3/c1-2-3-19-14(15-10-18-4-5-20-15)8-11-6-12(16)9-13(17)7-11/h4-7,9-10,14,19H,2-3,8H2,1H3. The van der Waals surface area contributed by atoms with Gasteiger partial charge >= 0.3 is 0 Å². The lowest BCUT2D eigenvalue weighted by Crippen LogP contribution is -2.25. The lowest BCUT2D eigenvalue weighted by atomic mass is 10.0. The van der Waals surface area contributed by atoms with Crippen LogP contribution in [0, 0.1) is 11.6 Å². The molecule has 0 saturated carbocycles. The molecular weight excluding hydrogens is 260 g/mol. The maximum atomic E-state index is 13.2. The van der Waals surface area contributed by atoms with Crippen molar-refractivity contribution in [2.45, 2.75) is 25.8 Å². The minimum Gasteiger partial charge on any atom is -0.308 e. The van der Waals surface area contributed by atoms with E-state index in [1.807, 2.05) is 0 Å². The molecule has 0 spiro atoms. The summed E-state index contributed by atoms with van der Waals surface area (Å²) in [6.45, 7) is 2.86. The summed E-state index contributed by atoms with van der Waals surface area (Å²) in [5.41, 5.74) is 1.37. The number of benzene rings is 1. The summed E-state index contributed by atoms with van der Waals surface area (Å²) >= 11 is 0. The molecule has 0 saturated heterocycles. The van der Waals surface area contributed by atoms with E-state index in [9.17, 15) is 8.78 Å². The van der Waals surface area contributed by atoms with Crippen molar-refractivity contribution in [1.29, 1.82) is 0 Å². The van der Waals surface area contributed by atoms with Crippen LogP contribution >= 0.6 is 0 Å². The first-order valence-electron chi connectivity index (χ1n) is 6.63. The van der Waals surface area contributed by atoms with Crippen molar-refractivity contribution in [2.24, 2.45) is 0 Å². The third-order valence-corrected chi connectivity index (χ3v) is 2.94. The Kier molecular flexibility index (Phi) is 5.12. The number of halogens is 2. The highest BCUT2D eigenvalue weighted by molar-refractivity contribution is 5.20. The van der Waals surface area contributed by atoms with Gasteiger partial charge in [-0.1, -0.05) is 6.92 Å². The van der Waals surface area contributed by atoms with E-state index in [0.717, 1.165) is 24.7 Å². The molecule has 1 atom stereocenters. The normalized spacial score (nSPS) is 12.3. The SMILES string of the molecule is CCCNC(Cc1cc(F)cc(F)c1)c1cnccn1. The Morgan fingerprint density at radius 3 is 2.50 bits per heavy atom. The Morgan fingerprint density at radius 1 is 1.15 bits per heavy atom. The van der Waals surface area contributed by atoms with Crippen LogP contribution in [0.3, 0.4) is 0 Å². The topological polar surface area (TPSA) is 37.8 Å². The van der Waals surface area contributed by atoms with E-state index in [2.05, 4.69) is 22.2 Å². The predicted molar refractivity (Wildman–Crippen MR) is 73.1 cm³/mol. The quantitative estimate of drug-likeness (QED) is 0.882. The molecule has 0 radical (unpaired) electrons. The van der Waals surface area contributed by atoms with E-state index in [0.29, 0.717) is 12.0 Å². The van der Waals surface area contributed by atoms with Gasteiger partial charge in [0.2, 0.25) is 0 Å². The molecule has 5 heteroatoms. The van der Waals surface area contributed by atoms with Gasteiger partial charge in [0.15, 0.2) is 0 Å². The highest BCUT2D eigenvalue weighted by Gasteiger charge is 2.14. The molecule has 0 aliphatic rings. The molecule has 0 aliphatic heterocycles. The average molecular weight is 277 g/mol. The van der Waals surface area contributed by atoms with Crippen molar-refractivity contribution in [3.05, 3.63) is 59.7 Å². The van der Waals surface area contributed by atoms with Gasteiger partial charge in [0.25, 0.3) is 0 Å². The van der Waals surface area contributed by atoms with Gasteiger partial charge in [0.05, 0.1) is 11.7 Å². The number of hydrogen-bond donors (Lipinski definition) is 1. The molecule has 20 heavy (non-hydrogen) atoms. The molecule has 1 N–H and O–H groups in total. The first kappa shape index (κ1) is 14.5. The van der Waals surface area contributed by atoms with Crippen LogP contribution in [0.5, 0.6) is 0 Å². The second-order valence-electron chi connectivity index (χ2n) is 4.62. The molecular formula is C15H17F2N3. The average Bonchev–Trinajstić information content (AvgIpc) is 2.43. The fourth-order valence-corrected chi connectivity index (χ4v) is 2.05. The van der Waals surface area contributed by atoms with Crippen LogP contribution in [-0.4, -0.2) is 16.5 Å². The van der Waals surface area contributed by atoms with Crippen molar-refractivity contribution < 1.29 is 8.78 Å². The number of nitrogens with one attached hydrogen (secondary N) is 1. The van der Waals surface area contributed by atoms with E-state index >= 15 is 0 Å². The molecule has 1 heterocycles. The molecule has 0 bridgehead atoms. The molecule has 2 aromatic rings. The van der Waals surface area contributed by atoms with Crippen molar-refractivity contribution >= 4 is 0 Å². The maximum Gasteiger partial charge on any atom is 0.126 e. The zero-order valence-electron chi connectivity index (χ0n) is 11.3. The lowest BCUT2D eigenvalue weighted by Gasteiger charge is -2.17. The molecule has 1 unspecified atom stereocenters. The van der Waals surface area contributed by atoms with E-state index in [-0.39, 0.29) is 6.04 Å². The second kappa shape index (κ2) is 7.05. The van der Waals surface area contributed by atoms with Gasteiger partial charge in [-0.05, 0) is 37.1 Å². The van der Waals surface area contributed by atoms with Crippen molar-refractivity contribution in [3.63, 3.8) is 0 Å². The minimum absolute atomic E-state index is 0.107. The van der Waals surface area contributed by atoms with Crippen LogP contribution in [0.2, 0.25) is 0 Å². The summed E-state index contributed by atoms with van der Waals surface area (Å²) in [4.78, 5) is 8.30. The molecule has 1 aromatic carbocycles. The number of nitrogens with zero attached hydrogens (tertiary/aromatic N) is 2. The second-order valence-corrected chi connectivity index (χ2v) is 4.62. The fourth-order valence-electron chi connectivity index (χ4n) is 2.05. The number of aromatic nitrogens is 2. The highest BCUT2D eigenvalue weighted by atomic mass is 19.1. The van der Waals surface area contributed by atoms with Gasteiger partial charge in [-0.15, -0.1) is 0 Å². The Bertz CT molecular complexity index is 526. The minimum atomic E-state index is -0.562. The molecule has 0 fully saturated rings. The molecule has 0 amide bonds. The van der Waals surface area contributed by atoms with Gasteiger partial charge in [-0.2, -0.15) is 0 Å². The van der Waals surface area contributed by atoms with Crippen molar-refractivity contribution in [1.82, 2.24) is 15.3 Å². The molecule has 0 aliphatic carbocycles. The summed E-state index contributed by atoms with van der Waals surface area (Å²) in [5, 5.41) is 3.33. The summed E-state index contributed by atoms with van der Waals surface area (Å²) in [6, 6.07) is 3.46. The third kappa shape index (κ3) is 4.06. The van der Waals surface area contributed by atoms with Crippen LogP contribution in [0.25, 0.3) is 0 Å². The molecule has 106 valence electrons. The van der Waals surface area contributed by atoms with Crippen LogP contribution in [0.1, 0.15) is 30.6 Å². The Balaban J connectivity index is 2.19. The summed E-state index contributed by atoms with van der Waals surface area (Å²) in [7, 11) is 0. The van der Waals surface area contributed by atoms with Crippen molar-refractivity contribution in [2.75, 3.05) is 6.54 Å². The van der Waals surface area contributed by atoms with Crippen molar-refractivity contribution in [3.8, 4) is 0 Å². The van der Waals surface area contributed by atoms with Crippen LogP contribution < -0.4 is 5.32 Å². The Labute approximate surface area is 117 Å². The fraction of sp³-hybridized carbons (Fsp3) is 0.333. The monoisotopic (exact) mass is 277 g/mol. The van der Waals surface area contributed by atoms with E-state index in [1.54, 1.807) is 18.6 Å². The first-order valence-corrected chi connectivity index (χ1v) is 6.63. The Morgan fingerprint density at radius 2 is 1.90 bits per heavy atom.